The predicted molar refractivity (Wildman–Crippen MR) is 85.6 cm³/mol. The van der Waals surface area contributed by atoms with Gasteiger partial charge in [0.05, 0.1) is 10.6 Å². The Morgan fingerprint density at radius 2 is 1.65 bits per heavy atom. The van der Waals surface area contributed by atoms with Gasteiger partial charge in [0.1, 0.15) is 5.82 Å². The van der Waals surface area contributed by atoms with Gasteiger partial charge in [0, 0.05) is 5.56 Å². The van der Waals surface area contributed by atoms with Crippen LogP contribution in [0, 0.1) is 5.82 Å². The summed E-state index contributed by atoms with van der Waals surface area (Å²) in [6.45, 7) is 0. The molecule has 0 radical (unpaired) electrons. The molecule has 2 aromatic carbocycles. The lowest BCUT2D eigenvalue weighted by Gasteiger charge is -2.11. The van der Waals surface area contributed by atoms with E-state index in [0.29, 0.717) is 10.9 Å². The highest BCUT2D eigenvalue weighted by Gasteiger charge is 2.35. The Kier molecular flexibility index (Phi) is 4.45. The van der Waals surface area contributed by atoms with E-state index in [1.165, 1.54) is 36.4 Å². The first kappa shape index (κ1) is 17.9. The molecule has 3 aromatic rings. The molecule has 0 aliphatic rings. The van der Waals surface area contributed by atoms with Crippen LogP contribution in [0.1, 0.15) is 5.69 Å². The summed E-state index contributed by atoms with van der Waals surface area (Å²) in [5.74, 6) is -0.685. The molecule has 0 fully saturated rings. The number of benzene rings is 2. The van der Waals surface area contributed by atoms with E-state index >= 15 is 0 Å². The molecule has 0 atom stereocenters. The molecule has 10 heteroatoms. The molecule has 0 bridgehead atoms. The van der Waals surface area contributed by atoms with Crippen molar-refractivity contribution in [3.8, 4) is 11.3 Å². The molecule has 0 aliphatic heterocycles. The minimum atomic E-state index is -4.80. The number of alkyl halides is 3. The lowest BCUT2D eigenvalue weighted by atomic mass is 10.1. The Labute approximate surface area is 145 Å². The van der Waals surface area contributed by atoms with Crippen molar-refractivity contribution in [1.29, 1.82) is 0 Å². The lowest BCUT2D eigenvalue weighted by Crippen LogP contribution is -2.25. The Balaban J connectivity index is 2.10. The third kappa shape index (κ3) is 3.69. The number of nitrogens with zero attached hydrogens (tertiary/aromatic N) is 2. The zero-order valence-corrected chi connectivity index (χ0v) is 13.7. The number of hydrogen-bond acceptors (Lipinski definition) is 3. The zero-order chi connectivity index (χ0) is 18.9. The maximum Gasteiger partial charge on any atom is 0.435 e. The van der Waals surface area contributed by atoms with Crippen LogP contribution < -0.4 is 4.83 Å². The maximum absolute atomic E-state index is 13.4. The molecule has 0 saturated heterocycles. The van der Waals surface area contributed by atoms with Crippen LogP contribution >= 0.6 is 0 Å². The molecule has 0 amide bonds. The van der Waals surface area contributed by atoms with Gasteiger partial charge >= 0.3 is 6.18 Å². The van der Waals surface area contributed by atoms with E-state index in [1.54, 1.807) is 6.07 Å². The van der Waals surface area contributed by atoms with E-state index in [2.05, 4.69) is 5.10 Å². The third-order valence-corrected chi connectivity index (χ3v) is 4.69. The minimum absolute atomic E-state index is 0.0313. The van der Waals surface area contributed by atoms with Crippen LogP contribution in [-0.2, 0) is 16.2 Å². The normalized spacial score (nSPS) is 12.2. The SMILES string of the molecule is O=S(=O)(Nn1nc(C(F)(F)F)cc1-c1cccc(F)c1)c1ccccc1. The molecular weight excluding hydrogens is 374 g/mol. The molecule has 0 saturated carbocycles. The number of aromatic nitrogens is 2. The van der Waals surface area contributed by atoms with Crippen molar-refractivity contribution in [2.45, 2.75) is 11.1 Å². The van der Waals surface area contributed by atoms with E-state index in [1.807, 2.05) is 4.83 Å². The Hall–Kier alpha value is -2.88. The first-order valence-electron chi connectivity index (χ1n) is 7.18. The molecule has 1 heterocycles. The standard InChI is InChI=1S/C16H11F4N3O2S/c17-12-6-4-5-11(9-12)14-10-15(16(18,19)20)21-23(14)22-26(24,25)13-7-2-1-3-8-13/h1-10,22H. The smallest absolute Gasteiger partial charge is 0.207 e. The molecule has 0 spiro atoms. The highest BCUT2D eigenvalue weighted by Crippen LogP contribution is 2.31. The fourth-order valence-corrected chi connectivity index (χ4v) is 3.20. The van der Waals surface area contributed by atoms with Crippen molar-refractivity contribution < 1.29 is 26.0 Å². The van der Waals surface area contributed by atoms with Gasteiger partial charge in [-0.05, 0) is 30.3 Å². The van der Waals surface area contributed by atoms with Gasteiger partial charge in [-0.1, -0.05) is 30.3 Å². The first-order valence-corrected chi connectivity index (χ1v) is 8.66. The number of rotatable bonds is 4. The quantitative estimate of drug-likeness (QED) is 0.698. The fourth-order valence-electron chi connectivity index (χ4n) is 2.21. The summed E-state index contributed by atoms with van der Waals surface area (Å²) in [7, 11) is -4.20. The fraction of sp³-hybridized carbons (Fsp3) is 0.0625. The van der Waals surface area contributed by atoms with Crippen LogP contribution in [0.4, 0.5) is 17.6 Å². The van der Waals surface area contributed by atoms with Crippen LogP contribution in [0.15, 0.2) is 65.6 Å². The largest absolute Gasteiger partial charge is 0.435 e. The van der Waals surface area contributed by atoms with Gasteiger partial charge in [0.15, 0.2) is 5.69 Å². The highest BCUT2D eigenvalue weighted by molar-refractivity contribution is 7.92. The number of halogens is 4. The molecule has 3 rings (SSSR count). The number of sulfonamides is 1. The highest BCUT2D eigenvalue weighted by atomic mass is 32.2. The third-order valence-electron chi connectivity index (χ3n) is 3.38. The molecule has 26 heavy (non-hydrogen) atoms. The minimum Gasteiger partial charge on any atom is -0.207 e. The van der Waals surface area contributed by atoms with Gasteiger partial charge < -0.3 is 0 Å². The molecule has 136 valence electrons. The Morgan fingerprint density at radius 1 is 0.962 bits per heavy atom. The average Bonchev–Trinajstić information content (AvgIpc) is 2.99. The Bertz CT molecular complexity index is 1030. The van der Waals surface area contributed by atoms with Crippen molar-refractivity contribution in [2.75, 3.05) is 4.83 Å². The average molecular weight is 385 g/mol. The second kappa shape index (κ2) is 6.45. The van der Waals surface area contributed by atoms with Crippen molar-refractivity contribution in [3.63, 3.8) is 0 Å². The van der Waals surface area contributed by atoms with Crippen LogP contribution in [-0.4, -0.2) is 18.3 Å². The van der Waals surface area contributed by atoms with E-state index < -0.39 is 27.7 Å². The molecular formula is C16H11F4N3O2S. The summed E-state index contributed by atoms with van der Waals surface area (Å²) in [6.07, 6.45) is -4.80. The van der Waals surface area contributed by atoms with Gasteiger partial charge in [0.25, 0.3) is 10.0 Å². The van der Waals surface area contributed by atoms with E-state index in [9.17, 15) is 26.0 Å². The van der Waals surface area contributed by atoms with Crippen molar-refractivity contribution >= 4 is 10.0 Å². The summed E-state index contributed by atoms with van der Waals surface area (Å²) in [6, 6.07) is 12.4. The molecule has 0 unspecified atom stereocenters. The lowest BCUT2D eigenvalue weighted by molar-refractivity contribution is -0.141. The van der Waals surface area contributed by atoms with Crippen molar-refractivity contribution in [1.82, 2.24) is 9.89 Å². The van der Waals surface area contributed by atoms with Gasteiger partial charge in [0.2, 0.25) is 0 Å². The predicted octanol–water partition coefficient (Wildman–Crippen LogP) is 3.64. The van der Waals surface area contributed by atoms with Gasteiger partial charge in [-0.3, -0.25) is 0 Å². The molecule has 0 aliphatic carbocycles. The summed E-state index contributed by atoms with van der Waals surface area (Å²) >= 11 is 0. The number of nitrogens with one attached hydrogen (secondary N) is 1. The summed E-state index contributed by atoms with van der Waals surface area (Å²) in [5, 5.41) is 3.28. The topological polar surface area (TPSA) is 64.0 Å². The van der Waals surface area contributed by atoms with E-state index in [0.717, 1.165) is 12.1 Å². The second-order valence-electron chi connectivity index (χ2n) is 5.24. The summed E-state index contributed by atoms with van der Waals surface area (Å²) < 4.78 is 77.2. The monoisotopic (exact) mass is 385 g/mol. The molecule has 1 aromatic heterocycles. The van der Waals surface area contributed by atoms with Crippen LogP contribution in [0.2, 0.25) is 0 Å². The van der Waals surface area contributed by atoms with Gasteiger partial charge in [-0.15, -0.1) is 5.10 Å². The molecule has 1 N–H and O–H groups in total. The summed E-state index contributed by atoms with van der Waals surface area (Å²) in [5.41, 5.74) is -1.53. The maximum atomic E-state index is 13.4. The molecule has 5 nitrogen and oxygen atoms in total. The zero-order valence-electron chi connectivity index (χ0n) is 12.9. The summed E-state index contributed by atoms with van der Waals surface area (Å²) in [4.78, 5) is 2.28. The Morgan fingerprint density at radius 3 is 2.27 bits per heavy atom. The number of hydrogen-bond donors (Lipinski definition) is 1. The van der Waals surface area contributed by atoms with Gasteiger partial charge in [-0.25, -0.2) is 4.39 Å². The second-order valence-corrected chi connectivity index (χ2v) is 6.90. The van der Waals surface area contributed by atoms with E-state index in [4.69, 9.17) is 0 Å². The van der Waals surface area contributed by atoms with Gasteiger partial charge in [-0.2, -0.15) is 31.2 Å². The van der Waals surface area contributed by atoms with Crippen LogP contribution in [0.3, 0.4) is 0 Å². The van der Waals surface area contributed by atoms with Crippen LogP contribution in [0.25, 0.3) is 11.3 Å². The van der Waals surface area contributed by atoms with Crippen LogP contribution in [0.5, 0.6) is 0 Å². The van der Waals surface area contributed by atoms with Crippen molar-refractivity contribution in [2.24, 2.45) is 0 Å². The van der Waals surface area contributed by atoms with E-state index in [-0.39, 0.29) is 16.2 Å². The first-order chi connectivity index (χ1) is 12.2. The van der Waals surface area contributed by atoms with Crippen molar-refractivity contribution in [3.05, 3.63) is 72.2 Å².